The first kappa shape index (κ1) is 11.9. The molecule has 0 aromatic heterocycles. The standard InChI is InChI=1S/C12H22N2O2/c1-12(4-3-5-12)8-14-11(15)9-6-16-7-10(9)13-2/h9-10,13H,3-8H2,1-2H3,(H,14,15). The summed E-state index contributed by atoms with van der Waals surface area (Å²) in [5.41, 5.74) is 0.351. The largest absolute Gasteiger partial charge is 0.379 e. The Morgan fingerprint density at radius 2 is 2.19 bits per heavy atom. The lowest BCUT2D eigenvalue weighted by molar-refractivity contribution is -0.126. The Kier molecular flexibility index (Phi) is 3.50. The molecule has 1 aliphatic carbocycles. The van der Waals surface area contributed by atoms with E-state index in [9.17, 15) is 4.79 Å². The zero-order chi connectivity index (χ0) is 11.6. The first-order valence-corrected chi connectivity index (χ1v) is 6.17. The van der Waals surface area contributed by atoms with E-state index in [1.807, 2.05) is 7.05 Å². The molecule has 0 spiro atoms. The van der Waals surface area contributed by atoms with Gasteiger partial charge in [0, 0.05) is 12.6 Å². The number of carbonyl (C=O) groups is 1. The number of likely N-dealkylation sites (N-methyl/N-ethyl adjacent to an activating group) is 1. The lowest BCUT2D eigenvalue weighted by atomic mass is 9.70. The summed E-state index contributed by atoms with van der Waals surface area (Å²) in [5, 5.41) is 6.21. The van der Waals surface area contributed by atoms with Crippen LogP contribution < -0.4 is 10.6 Å². The van der Waals surface area contributed by atoms with Gasteiger partial charge >= 0.3 is 0 Å². The van der Waals surface area contributed by atoms with Crippen molar-refractivity contribution in [3.05, 3.63) is 0 Å². The van der Waals surface area contributed by atoms with Crippen molar-refractivity contribution < 1.29 is 9.53 Å². The highest BCUT2D eigenvalue weighted by atomic mass is 16.5. The molecule has 1 saturated heterocycles. The Morgan fingerprint density at radius 3 is 2.75 bits per heavy atom. The summed E-state index contributed by atoms with van der Waals surface area (Å²) in [6.45, 7) is 4.26. The summed E-state index contributed by atoms with van der Waals surface area (Å²) in [5.74, 6) is 0.124. The van der Waals surface area contributed by atoms with E-state index in [0.29, 0.717) is 18.6 Å². The third kappa shape index (κ3) is 2.38. The fraction of sp³-hybridized carbons (Fsp3) is 0.917. The minimum Gasteiger partial charge on any atom is -0.379 e. The van der Waals surface area contributed by atoms with E-state index < -0.39 is 0 Å². The molecule has 0 aromatic carbocycles. The lowest BCUT2D eigenvalue weighted by Crippen LogP contribution is -2.46. The van der Waals surface area contributed by atoms with Crippen molar-refractivity contribution in [2.45, 2.75) is 32.2 Å². The van der Waals surface area contributed by atoms with Gasteiger partial charge in [-0.3, -0.25) is 4.79 Å². The van der Waals surface area contributed by atoms with Crippen LogP contribution in [0.25, 0.3) is 0 Å². The molecule has 1 heterocycles. The molecule has 2 unspecified atom stereocenters. The van der Waals surface area contributed by atoms with E-state index in [0.717, 1.165) is 6.54 Å². The minimum atomic E-state index is -0.0197. The first-order chi connectivity index (χ1) is 7.64. The van der Waals surface area contributed by atoms with Gasteiger partial charge in [0.15, 0.2) is 0 Å². The number of ether oxygens (including phenoxy) is 1. The molecular formula is C12H22N2O2. The molecule has 2 atom stereocenters. The maximum atomic E-state index is 12.0. The Balaban J connectivity index is 1.78. The van der Waals surface area contributed by atoms with Gasteiger partial charge in [-0.1, -0.05) is 13.3 Å². The second kappa shape index (κ2) is 4.72. The van der Waals surface area contributed by atoms with Crippen LogP contribution in [0.1, 0.15) is 26.2 Å². The van der Waals surface area contributed by atoms with Crippen molar-refractivity contribution in [2.24, 2.45) is 11.3 Å². The van der Waals surface area contributed by atoms with Crippen LogP contribution in [-0.4, -0.2) is 38.8 Å². The third-order valence-electron chi connectivity index (χ3n) is 4.04. The van der Waals surface area contributed by atoms with Gasteiger partial charge in [-0.2, -0.15) is 0 Å². The highest BCUT2D eigenvalue weighted by Gasteiger charge is 2.36. The minimum absolute atomic E-state index is 0.0197. The van der Waals surface area contributed by atoms with Crippen molar-refractivity contribution in [2.75, 3.05) is 26.8 Å². The van der Waals surface area contributed by atoms with E-state index in [1.165, 1.54) is 19.3 Å². The van der Waals surface area contributed by atoms with Gasteiger partial charge in [-0.25, -0.2) is 0 Å². The monoisotopic (exact) mass is 226 g/mol. The van der Waals surface area contributed by atoms with Gasteiger partial charge in [0.2, 0.25) is 5.91 Å². The van der Waals surface area contributed by atoms with Gasteiger partial charge < -0.3 is 15.4 Å². The van der Waals surface area contributed by atoms with Crippen molar-refractivity contribution in [3.8, 4) is 0 Å². The van der Waals surface area contributed by atoms with Crippen LogP contribution in [-0.2, 0) is 9.53 Å². The summed E-state index contributed by atoms with van der Waals surface area (Å²) < 4.78 is 5.33. The average molecular weight is 226 g/mol. The number of carbonyl (C=O) groups excluding carboxylic acids is 1. The second-order valence-electron chi connectivity index (χ2n) is 5.42. The molecule has 1 saturated carbocycles. The number of hydrogen-bond donors (Lipinski definition) is 2. The maximum Gasteiger partial charge on any atom is 0.227 e. The average Bonchev–Trinajstić information content (AvgIpc) is 2.71. The Labute approximate surface area is 97.1 Å². The molecule has 0 radical (unpaired) electrons. The number of nitrogens with one attached hydrogen (secondary N) is 2. The molecule has 0 aromatic rings. The molecule has 92 valence electrons. The molecule has 1 aliphatic heterocycles. The van der Waals surface area contributed by atoms with Gasteiger partial charge in [0.1, 0.15) is 0 Å². The fourth-order valence-corrected chi connectivity index (χ4v) is 2.49. The fourth-order valence-electron chi connectivity index (χ4n) is 2.49. The predicted molar refractivity (Wildman–Crippen MR) is 62.1 cm³/mol. The van der Waals surface area contributed by atoms with E-state index in [2.05, 4.69) is 17.6 Å². The molecule has 4 heteroatoms. The summed E-state index contributed by atoms with van der Waals surface area (Å²) in [6.07, 6.45) is 3.78. The van der Waals surface area contributed by atoms with Crippen LogP contribution in [0.3, 0.4) is 0 Å². The van der Waals surface area contributed by atoms with Crippen LogP contribution in [0.2, 0.25) is 0 Å². The maximum absolute atomic E-state index is 12.0. The molecule has 2 N–H and O–H groups in total. The molecule has 4 nitrogen and oxygen atoms in total. The number of hydrogen-bond acceptors (Lipinski definition) is 3. The Bertz CT molecular complexity index is 264. The molecule has 2 rings (SSSR count). The van der Waals surface area contributed by atoms with Gasteiger partial charge in [0.25, 0.3) is 0 Å². The molecule has 0 bridgehead atoms. The Hall–Kier alpha value is -0.610. The third-order valence-corrected chi connectivity index (χ3v) is 4.04. The van der Waals surface area contributed by atoms with Gasteiger partial charge in [-0.05, 0) is 25.3 Å². The molecule has 2 fully saturated rings. The van der Waals surface area contributed by atoms with Crippen molar-refractivity contribution in [3.63, 3.8) is 0 Å². The van der Waals surface area contributed by atoms with Crippen molar-refractivity contribution in [1.29, 1.82) is 0 Å². The summed E-state index contributed by atoms with van der Waals surface area (Å²) in [7, 11) is 1.88. The van der Waals surface area contributed by atoms with Crippen LogP contribution in [0.4, 0.5) is 0 Å². The zero-order valence-electron chi connectivity index (χ0n) is 10.2. The first-order valence-electron chi connectivity index (χ1n) is 6.17. The highest BCUT2D eigenvalue weighted by Crippen LogP contribution is 2.39. The normalized spacial score (nSPS) is 32.1. The SMILES string of the molecule is CNC1COCC1C(=O)NCC1(C)CCC1. The molecule has 2 aliphatic rings. The van der Waals surface area contributed by atoms with E-state index in [4.69, 9.17) is 4.74 Å². The smallest absolute Gasteiger partial charge is 0.227 e. The van der Waals surface area contributed by atoms with Crippen LogP contribution in [0.5, 0.6) is 0 Å². The predicted octanol–water partition coefficient (Wildman–Crippen LogP) is 0.527. The van der Waals surface area contributed by atoms with Gasteiger partial charge in [-0.15, -0.1) is 0 Å². The van der Waals surface area contributed by atoms with Crippen molar-refractivity contribution >= 4 is 5.91 Å². The van der Waals surface area contributed by atoms with Crippen LogP contribution in [0, 0.1) is 11.3 Å². The quantitative estimate of drug-likeness (QED) is 0.735. The highest BCUT2D eigenvalue weighted by molar-refractivity contribution is 5.79. The molecular weight excluding hydrogens is 204 g/mol. The summed E-state index contributed by atoms with van der Waals surface area (Å²) in [6, 6.07) is 0.175. The van der Waals surface area contributed by atoms with Crippen LogP contribution >= 0.6 is 0 Å². The summed E-state index contributed by atoms with van der Waals surface area (Å²) >= 11 is 0. The van der Waals surface area contributed by atoms with E-state index in [-0.39, 0.29) is 17.9 Å². The second-order valence-corrected chi connectivity index (χ2v) is 5.42. The number of rotatable bonds is 4. The van der Waals surface area contributed by atoms with E-state index >= 15 is 0 Å². The van der Waals surface area contributed by atoms with Crippen LogP contribution in [0.15, 0.2) is 0 Å². The van der Waals surface area contributed by atoms with Crippen molar-refractivity contribution in [1.82, 2.24) is 10.6 Å². The molecule has 1 amide bonds. The lowest BCUT2D eigenvalue weighted by Gasteiger charge is -2.38. The van der Waals surface area contributed by atoms with E-state index in [1.54, 1.807) is 0 Å². The van der Waals surface area contributed by atoms with Gasteiger partial charge in [0.05, 0.1) is 19.1 Å². The summed E-state index contributed by atoms with van der Waals surface area (Å²) in [4.78, 5) is 12.0. The number of amides is 1. The molecule has 16 heavy (non-hydrogen) atoms. The topological polar surface area (TPSA) is 50.4 Å². The Morgan fingerprint density at radius 1 is 1.44 bits per heavy atom. The zero-order valence-corrected chi connectivity index (χ0v) is 10.2.